The van der Waals surface area contributed by atoms with E-state index in [1.54, 1.807) is 11.8 Å². The molecule has 1 amide bonds. The standard InChI is InChI=1S/C17H23N5OS/c1-13-19-17(21-20-13)24-10-8-18-16(23)12-22-9-7-15(11-22)14-5-3-2-4-6-14/h2-6,15H,7-12H2,1H3,(H,18,23)(H,19,20,21). The van der Waals surface area contributed by atoms with Crippen molar-refractivity contribution >= 4 is 17.7 Å². The van der Waals surface area contributed by atoms with Crippen molar-refractivity contribution < 1.29 is 4.79 Å². The van der Waals surface area contributed by atoms with Crippen LogP contribution in [0.25, 0.3) is 0 Å². The highest BCUT2D eigenvalue weighted by Crippen LogP contribution is 2.26. The van der Waals surface area contributed by atoms with E-state index in [4.69, 9.17) is 0 Å². The smallest absolute Gasteiger partial charge is 0.234 e. The Morgan fingerprint density at radius 3 is 3.00 bits per heavy atom. The fraction of sp³-hybridized carbons (Fsp3) is 0.471. The van der Waals surface area contributed by atoms with Crippen LogP contribution in [0.3, 0.4) is 0 Å². The van der Waals surface area contributed by atoms with Crippen LogP contribution in [0.5, 0.6) is 0 Å². The molecule has 1 unspecified atom stereocenters. The fourth-order valence-corrected chi connectivity index (χ4v) is 3.65. The van der Waals surface area contributed by atoms with Crippen molar-refractivity contribution in [1.29, 1.82) is 0 Å². The second-order valence-corrected chi connectivity index (χ2v) is 7.10. The molecular formula is C17H23N5OS. The van der Waals surface area contributed by atoms with E-state index in [-0.39, 0.29) is 5.91 Å². The molecule has 0 saturated carbocycles. The molecule has 1 atom stereocenters. The first kappa shape index (κ1) is 17.0. The van der Waals surface area contributed by atoms with E-state index in [0.717, 1.165) is 36.2 Å². The van der Waals surface area contributed by atoms with Crippen LogP contribution in [0.15, 0.2) is 35.5 Å². The number of aryl methyl sites for hydroxylation is 1. The minimum absolute atomic E-state index is 0.0930. The first-order valence-electron chi connectivity index (χ1n) is 8.26. The number of aromatic nitrogens is 3. The Labute approximate surface area is 146 Å². The molecule has 1 aromatic carbocycles. The van der Waals surface area contributed by atoms with E-state index < -0.39 is 0 Å². The molecule has 1 aliphatic heterocycles. The lowest BCUT2D eigenvalue weighted by atomic mass is 9.99. The van der Waals surface area contributed by atoms with Gasteiger partial charge in [-0.05, 0) is 31.4 Å². The number of nitrogens with zero attached hydrogens (tertiary/aromatic N) is 3. The van der Waals surface area contributed by atoms with Gasteiger partial charge in [0, 0.05) is 18.8 Å². The number of carbonyl (C=O) groups excluding carboxylic acids is 1. The van der Waals surface area contributed by atoms with Gasteiger partial charge in [-0.2, -0.15) is 0 Å². The zero-order valence-electron chi connectivity index (χ0n) is 13.9. The van der Waals surface area contributed by atoms with Crippen molar-refractivity contribution in [2.45, 2.75) is 24.4 Å². The number of aromatic amines is 1. The number of H-pyrrole nitrogens is 1. The van der Waals surface area contributed by atoms with Gasteiger partial charge >= 0.3 is 0 Å². The van der Waals surface area contributed by atoms with Crippen molar-refractivity contribution in [3.8, 4) is 0 Å². The summed E-state index contributed by atoms with van der Waals surface area (Å²) in [5.74, 6) is 2.22. The number of benzene rings is 1. The normalized spacial score (nSPS) is 18.0. The maximum atomic E-state index is 12.1. The molecule has 2 N–H and O–H groups in total. The zero-order chi connectivity index (χ0) is 16.8. The number of hydrogen-bond donors (Lipinski definition) is 2. The Balaban J connectivity index is 1.34. The topological polar surface area (TPSA) is 73.9 Å². The lowest BCUT2D eigenvalue weighted by Crippen LogP contribution is -2.36. The summed E-state index contributed by atoms with van der Waals surface area (Å²) in [6.07, 6.45) is 1.12. The Bertz CT molecular complexity index is 660. The van der Waals surface area contributed by atoms with Gasteiger partial charge in [0.2, 0.25) is 11.1 Å². The number of nitrogens with one attached hydrogen (secondary N) is 2. The van der Waals surface area contributed by atoms with Crippen LogP contribution in [-0.2, 0) is 4.79 Å². The van der Waals surface area contributed by atoms with Gasteiger partial charge in [0.15, 0.2) is 0 Å². The third-order valence-corrected chi connectivity index (χ3v) is 4.99. The summed E-state index contributed by atoms with van der Waals surface area (Å²) in [5.41, 5.74) is 1.37. The maximum absolute atomic E-state index is 12.1. The molecule has 1 saturated heterocycles. The van der Waals surface area contributed by atoms with Gasteiger partial charge in [0.25, 0.3) is 0 Å². The number of amides is 1. The van der Waals surface area contributed by atoms with Gasteiger partial charge in [0.05, 0.1) is 6.54 Å². The fourth-order valence-electron chi connectivity index (χ4n) is 2.95. The number of thioether (sulfide) groups is 1. The number of carbonyl (C=O) groups is 1. The largest absolute Gasteiger partial charge is 0.354 e. The first-order chi connectivity index (χ1) is 11.7. The van der Waals surface area contributed by atoms with E-state index in [0.29, 0.717) is 19.0 Å². The summed E-state index contributed by atoms with van der Waals surface area (Å²) in [5, 5.41) is 10.6. The number of likely N-dealkylation sites (tertiary alicyclic amines) is 1. The Hall–Kier alpha value is -1.86. The molecule has 0 spiro atoms. The third-order valence-electron chi connectivity index (χ3n) is 4.14. The van der Waals surface area contributed by atoms with Crippen LogP contribution in [0.2, 0.25) is 0 Å². The maximum Gasteiger partial charge on any atom is 0.234 e. The first-order valence-corrected chi connectivity index (χ1v) is 9.25. The van der Waals surface area contributed by atoms with E-state index in [1.165, 1.54) is 5.56 Å². The van der Waals surface area contributed by atoms with Gasteiger partial charge in [-0.25, -0.2) is 4.98 Å². The lowest BCUT2D eigenvalue weighted by molar-refractivity contribution is -0.121. The predicted molar refractivity (Wildman–Crippen MR) is 95.1 cm³/mol. The van der Waals surface area contributed by atoms with Crippen molar-refractivity contribution in [3.63, 3.8) is 0 Å². The summed E-state index contributed by atoms with van der Waals surface area (Å²) >= 11 is 1.54. The number of hydrogen-bond acceptors (Lipinski definition) is 5. The SMILES string of the molecule is Cc1nc(SCCNC(=O)CN2CCC(c3ccccc3)C2)n[nH]1. The zero-order valence-corrected chi connectivity index (χ0v) is 14.7. The number of rotatable bonds is 7. The van der Waals surface area contributed by atoms with E-state index >= 15 is 0 Å². The Morgan fingerprint density at radius 1 is 1.42 bits per heavy atom. The molecule has 0 bridgehead atoms. The molecule has 1 aliphatic rings. The Morgan fingerprint density at radius 2 is 2.25 bits per heavy atom. The molecule has 6 nitrogen and oxygen atoms in total. The van der Waals surface area contributed by atoms with Gasteiger partial charge < -0.3 is 5.32 Å². The summed E-state index contributed by atoms with van der Waals surface area (Å²) in [7, 11) is 0. The molecule has 7 heteroatoms. The summed E-state index contributed by atoms with van der Waals surface area (Å²) in [4.78, 5) is 18.5. The molecule has 0 radical (unpaired) electrons. The highest BCUT2D eigenvalue weighted by atomic mass is 32.2. The van der Waals surface area contributed by atoms with Crippen molar-refractivity contribution in [2.24, 2.45) is 0 Å². The highest BCUT2D eigenvalue weighted by Gasteiger charge is 2.24. The van der Waals surface area contributed by atoms with E-state index in [1.807, 2.05) is 13.0 Å². The molecule has 2 heterocycles. The van der Waals surface area contributed by atoms with Crippen molar-refractivity contribution in [1.82, 2.24) is 25.4 Å². The molecule has 0 aliphatic carbocycles. The minimum atomic E-state index is 0.0930. The van der Waals surface area contributed by atoms with Crippen LogP contribution >= 0.6 is 11.8 Å². The van der Waals surface area contributed by atoms with Crippen LogP contribution in [0, 0.1) is 6.92 Å². The molecule has 1 aromatic heterocycles. The second-order valence-electron chi connectivity index (χ2n) is 6.03. The molecular weight excluding hydrogens is 322 g/mol. The summed E-state index contributed by atoms with van der Waals surface area (Å²) in [6.45, 7) is 4.93. The van der Waals surface area contributed by atoms with Gasteiger partial charge in [-0.15, -0.1) is 5.10 Å². The van der Waals surface area contributed by atoms with E-state index in [2.05, 4.69) is 49.7 Å². The van der Waals surface area contributed by atoms with Crippen LogP contribution in [0.4, 0.5) is 0 Å². The monoisotopic (exact) mass is 345 g/mol. The van der Waals surface area contributed by atoms with Crippen LogP contribution in [0.1, 0.15) is 23.7 Å². The second kappa shape index (κ2) is 8.30. The predicted octanol–water partition coefficient (Wildman–Crippen LogP) is 1.81. The summed E-state index contributed by atoms with van der Waals surface area (Å²) < 4.78 is 0. The van der Waals surface area contributed by atoms with Gasteiger partial charge in [-0.1, -0.05) is 42.1 Å². The Kier molecular flexibility index (Phi) is 5.87. The average molecular weight is 345 g/mol. The average Bonchev–Trinajstić information content (AvgIpc) is 3.22. The van der Waals surface area contributed by atoms with Gasteiger partial charge in [0.1, 0.15) is 5.82 Å². The van der Waals surface area contributed by atoms with Crippen molar-refractivity contribution in [3.05, 3.63) is 41.7 Å². The third kappa shape index (κ3) is 4.82. The molecule has 3 rings (SSSR count). The van der Waals surface area contributed by atoms with Crippen molar-refractivity contribution in [2.75, 3.05) is 31.9 Å². The van der Waals surface area contributed by atoms with E-state index in [9.17, 15) is 4.79 Å². The molecule has 1 fully saturated rings. The molecule has 24 heavy (non-hydrogen) atoms. The quantitative estimate of drug-likeness (QED) is 0.591. The van der Waals surface area contributed by atoms with Crippen LogP contribution in [-0.4, -0.2) is 57.9 Å². The van der Waals surface area contributed by atoms with Crippen LogP contribution < -0.4 is 5.32 Å². The highest BCUT2D eigenvalue weighted by molar-refractivity contribution is 7.99. The van der Waals surface area contributed by atoms with Gasteiger partial charge in [-0.3, -0.25) is 14.8 Å². The lowest BCUT2D eigenvalue weighted by Gasteiger charge is -2.15. The molecule has 128 valence electrons. The minimum Gasteiger partial charge on any atom is -0.354 e. The molecule has 2 aromatic rings. The summed E-state index contributed by atoms with van der Waals surface area (Å²) in [6, 6.07) is 10.6.